The molecule has 0 unspecified atom stereocenters. The second-order valence-corrected chi connectivity index (χ2v) is 2.93. The van der Waals surface area contributed by atoms with E-state index in [9.17, 15) is 4.79 Å². The highest BCUT2D eigenvalue weighted by Crippen LogP contribution is 2.02. The van der Waals surface area contributed by atoms with Crippen molar-refractivity contribution in [2.24, 2.45) is 5.10 Å². The summed E-state index contributed by atoms with van der Waals surface area (Å²) in [5.74, 6) is 0. The number of unbranched alkanes of at least 4 members (excludes halogenated alkanes) is 1. The summed E-state index contributed by atoms with van der Waals surface area (Å²) in [4.78, 5) is 10.4. The molecular weight excluding hydrogens is 168 g/mol. The first-order chi connectivity index (χ1) is 6.11. The SMILES string of the molecule is CCCCC(CC)=NN(C)C(=O)O. The lowest BCUT2D eigenvalue weighted by molar-refractivity contribution is 0.157. The van der Waals surface area contributed by atoms with E-state index in [1.54, 1.807) is 0 Å². The molecule has 0 rings (SSSR count). The Labute approximate surface area is 79.2 Å². The fraction of sp³-hybridized carbons (Fsp3) is 0.778. The molecule has 0 saturated carbocycles. The lowest BCUT2D eigenvalue weighted by Crippen LogP contribution is -2.20. The highest BCUT2D eigenvalue weighted by Gasteiger charge is 2.04. The number of hydrogen-bond donors (Lipinski definition) is 1. The van der Waals surface area contributed by atoms with Crippen molar-refractivity contribution in [3.63, 3.8) is 0 Å². The minimum absolute atomic E-state index is 0.817. The average Bonchev–Trinajstić information content (AvgIpc) is 2.11. The maximum atomic E-state index is 10.4. The molecule has 0 aromatic rings. The third-order valence-electron chi connectivity index (χ3n) is 1.80. The van der Waals surface area contributed by atoms with Crippen LogP contribution in [0, 0.1) is 0 Å². The van der Waals surface area contributed by atoms with E-state index in [1.165, 1.54) is 7.05 Å². The average molecular weight is 186 g/mol. The summed E-state index contributed by atoms with van der Waals surface area (Å²) < 4.78 is 0. The molecule has 0 spiro atoms. The van der Waals surface area contributed by atoms with Gasteiger partial charge in [0.15, 0.2) is 0 Å². The molecule has 1 N–H and O–H groups in total. The minimum atomic E-state index is -1.01. The largest absolute Gasteiger partial charge is 0.464 e. The molecule has 0 aromatic heterocycles. The third-order valence-corrected chi connectivity index (χ3v) is 1.80. The maximum Gasteiger partial charge on any atom is 0.427 e. The first kappa shape index (κ1) is 11.9. The van der Waals surface area contributed by atoms with Crippen LogP contribution in [0.2, 0.25) is 0 Å². The number of amides is 1. The van der Waals surface area contributed by atoms with Gasteiger partial charge in [-0.3, -0.25) is 0 Å². The monoisotopic (exact) mass is 186 g/mol. The zero-order valence-corrected chi connectivity index (χ0v) is 8.58. The Balaban J connectivity index is 4.11. The number of hydrogen-bond acceptors (Lipinski definition) is 2. The predicted octanol–water partition coefficient (Wildman–Crippen LogP) is 2.55. The highest BCUT2D eigenvalue weighted by molar-refractivity contribution is 5.85. The van der Waals surface area contributed by atoms with Gasteiger partial charge in [-0.1, -0.05) is 20.3 Å². The molecule has 0 aliphatic rings. The van der Waals surface area contributed by atoms with Crippen LogP contribution in [0.5, 0.6) is 0 Å². The molecule has 0 aliphatic carbocycles. The second-order valence-electron chi connectivity index (χ2n) is 2.93. The molecule has 0 atom stereocenters. The van der Waals surface area contributed by atoms with Crippen molar-refractivity contribution >= 4 is 11.8 Å². The number of carboxylic acid groups (broad SMARTS) is 1. The zero-order chi connectivity index (χ0) is 10.3. The van der Waals surface area contributed by atoms with Gasteiger partial charge in [0.2, 0.25) is 0 Å². The first-order valence-electron chi connectivity index (χ1n) is 4.64. The van der Waals surface area contributed by atoms with Crippen LogP contribution >= 0.6 is 0 Å². The van der Waals surface area contributed by atoms with Crippen molar-refractivity contribution in [2.45, 2.75) is 39.5 Å². The van der Waals surface area contributed by atoms with Crippen LogP contribution in [-0.4, -0.2) is 29.0 Å². The Kier molecular flexibility index (Phi) is 5.93. The van der Waals surface area contributed by atoms with Crippen molar-refractivity contribution in [3.8, 4) is 0 Å². The Morgan fingerprint density at radius 3 is 2.46 bits per heavy atom. The quantitative estimate of drug-likeness (QED) is 0.530. The van der Waals surface area contributed by atoms with E-state index < -0.39 is 6.09 Å². The summed E-state index contributed by atoms with van der Waals surface area (Å²) in [6, 6.07) is 0. The number of rotatable bonds is 5. The molecule has 0 radical (unpaired) electrons. The molecular formula is C9H18N2O2. The van der Waals surface area contributed by atoms with E-state index >= 15 is 0 Å². The van der Waals surface area contributed by atoms with E-state index in [2.05, 4.69) is 12.0 Å². The Hall–Kier alpha value is -1.06. The molecule has 0 saturated heterocycles. The summed E-state index contributed by atoms with van der Waals surface area (Å²) >= 11 is 0. The van der Waals surface area contributed by atoms with Gasteiger partial charge >= 0.3 is 6.09 Å². The molecule has 1 amide bonds. The van der Waals surface area contributed by atoms with Crippen LogP contribution in [0.25, 0.3) is 0 Å². The fourth-order valence-electron chi connectivity index (χ4n) is 0.933. The molecule has 76 valence electrons. The van der Waals surface area contributed by atoms with Gasteiger partial charge in [-0.25, -0.2) is 9.80 Å². The summed E-state index contributed by atoms with van der Waals surface area (Å²) in [5.41, 5.74) is 0.951. The van der Waals surface area contributed by atoms with Crippen molar-refractivity contribution in [1.82, 2.24) is 5.01 Å². The van der Waals surface area contributed by atoms with Crippen LogP contribution in [0.4, 0.5) is 4.79 Å². The second kappa shape index (κ2) is 6.46. The van der Waals surface area contributed by atoms with Crippen molar-refractivity contribution < 1.29 is 9.90 Å². The lowest BCUT2D eigenvalue weighted by Gasteiger charge is -2.09. The number of nitrogens with zero attached hydrogens (tertiary/aromatic N) is 2. The van der Waals surface area contributed by atoms with Gasteiger partial charge in [-0.2, -0.15) is 5.10 Å². The third kappa shape index (κ3) is 5.22. The van der Waals surface area contributed by atoms with E-state index in [4.69, 9.17) is 5.11 Å². The molecule has 13 heavy (non-hydrogen) atoms. The normalized spacial score (nSPS) is 11.5. The smallest absolute Gasteiger partial charge is 0.427 e. The highest BCUT2D eigenvalue weighted by atomic mass is 16.4. The lowest BCUT2D eigenvalue weighted by atomic mass is 10.1. The van der Waals surface area contributed by atoms with E-state index in [-0.39, 0.29) is 0 Å². The standard InChI is InChI=1S/C9H18N2O2/c1-4-6-7-8(5-2)10-11(3)9(12)13/h4-7H2,1-3H3,(H,12,13). The Morgan fingerprint density at radius 1 is 1.46 bits per heavy atom. The van der Waals surface area contributed by atoms with Gasteiger partial charge in [0.1, 0.15) is 0 Å². The predicted molar refractivity (Wildman–Crippen MR) is 53.0 cm³/mol. The topological polar surface area (TPSA) is 52.9 Å². The molecule has 0 bridgehead atoms. The van der Waals surface area contributed by atoms with Gasteiger partial charge in [0.05, 0.1) is 0 Å². The summed E-state index contributed by atoms with van der Waals surface area (Å²) in [6.45, 7) is 4.10. The summed E-state index contributed by atoms with van der Waals surface area (Å²) in [6.07, 6.45) is 2.88. The molecule has 0 fully saturated rings. The van der Waals surface area contributed by atoms with Gasteiger partial charge in [0, 0.05) is 12.8 Å². The summed E-state index contributed by atoms with van der Waals surface area (Å²) in [5, 5.41) is 13.5. The van der Waals surface area contributed by atoms with Crippen molar-refractivity contribution in [1.29, 1.82) is 0 Å². The molecule has 0 heterocycles. The Morgan fingerprint density at radius 2 is 2.08 bits per heavy atom. The molecule has 4 nitrogen and oxygen atoms in total. The van der Waals surface area contributed by atoms with Gasteiger partial charge in [-0.15, -0.1) is 0 Å². The number of carbonyl (C=O) groups is 1. The van der Waals surface area contributed by atoms with Crippen LogP contribution in [0.15, 0.2) is 5.10 Å². The van der Waals surface area contributed by atoms with E-state index in [0.29, 0.717) is 0 Å². The molecule has 0 aromatic carbocycles. The van der Waals surface area contributed by atoms with E-state index in [0.717, 1.165) is 36.4 Å². The van der Waals surface area contributed by atoms with Crippen LogP contribution in [0.1, 0.15) is 39.5 Å². The van der Waals surface area contributed by atoms with Gasteiger partial charge in [-0.05, 0) is 19.3 Å². The Bertz CT molecular complexity index is 190. The number of hydrazone groups is 1. The van der Waals surface area contributed by atoms with Crippen LogP contribution in [0.3, 0.4) is 0 Å². The van der Waals surface area contributed by atoms with Crippen LogP contribution < -0.4 is 0 Å². The fourth-order valence-corrected chi connectivity index (χ4v) is 0.933. The van der Waals surface area contributed by atoms with Crippen molar-refractivity contribution in [3.05, 3.63) is 0 Å². The summed E-state index contributed by atoms with van der Waals surface area (Å²) in [7, 11) is 1.45. The van der Waals surface area contributed by atoms with Crippen molar-refractivity contribution in [2.75, 3.05) is 7.05 Å². The zero-order valence-electron chi connectivity index (χ0n) is 8.58. The maximum absolute atomic E-state index is 10.4. The van der Waals surface area contributed by atoms with Gasteiger partial charge in [0.25, 0.3) is 0 Å². The molecule has 4 heteroatoms. The minimum Gasteiger partial charge on any atom is -0.464 e. The van der Waals surface area contributed by atoms with E-state index in [1.807, 2.05) is 6.92 Å². The van der Waals surface area contributed by atoms with Crippen LogP contribution in [-0.2, 0) is 0 Å². The molecule has 0 aliphatic heterocycles. The van der Waals surface area contributed by atoms with Gasteiger partial charge < -0.3 is 5.11 Å². The first-order valence-corrected chi connectivity index (χ1v) is 4.64.